The van der Waals surface area contributed by atoms with Crippen LogP contribution in [0.2, 0.25) is 0 Å². The van der Waals surface area contributed by atoms with Crippen molar-refractivity contribution in [3.8, 4) is 11.3 Å². The lowest BCUT2D eigenvalue weighted by atomic mass is 10.1. The fraction of sp³-hybridized carbons (Fsp3) is 0.133. The Morgan fingerprint density at radius 2 is 2.00 bits per heavy atom. The third kappa shape index (κ3) is 2.72. The minimum absolute atomic E-state index is 0.0249. The van der Waals surface area contributed by atoms with E-state index in [-0.39, 0.29) is 5.75 Å². The molecule has 0 spiro atoms. The van der Waals surface area contributed by atoms with Gasteiger partial charge in [0.25, 0.3) is 0 Å². The Morgan fingerprint density at radius 1 is 1.15 bits per heavy atom. The van der Waals surface area contributed by atoms with Crippen molar-refractivity contribution in [1.29, 1.82) is 0 Å². The molecule has 0 aliphatic rings. The number of fused-ring (bicyclic) bond motifs is 1. The summed E-state index contributed by atoms with van der Waals surface area (Å²) in [4.78, 5) is 7.50. The van der Waals surface area contributed by atoms with Gasteiger partial charge in [-0.3, -0.25) is 4.98 Å². The average Bonchev–Trinajstić information content (AvgIpc) is 2.85. The van der Waals surface area contributed by atoms with E-state index in [0.717, 1.165) is 22.2 Å². The molecule has 0 saturated carbocycles. The monoisotopic (exact) mass is 286 g/mol. The summed E-state index contributed by atoms with van der Waals surface area (Å²) in [6.07, 6.45) is 4.75. The van der Waals surface area contributed by atoms with Gasteiger partial charge in [0.1, 0.15) is 0 Å². The van der Waals surface area contributed by atoms with Crippen molar-refractivity contribution in [2.75, 3.05) is 6.26 Å². The number of sulfone groups is 1. The Bertz CT molecular complexity index is 849. The van der Waals surface area contributed by atoms with Gasteiger partial charge in [-0.2, -0.15) is 0 Å². The first-order chi connectivity index (χ1) is 9.51. The Hall–Kier alpha value is -2.14. The molecule has 3 rings (SSSR count). The van der Waals surface area contributed by atoms with Crippen LogP contribution in [0, 0.1) is 0 Å². The van der Waals surface area contributed by atoms with Gasteiger partial charge in [0.15, 0.2) is 9.84 Å². The van der Waals surface area contributed by atoms with E-state index >= 15 is 0 Å². The minimum Gasteiger partial charge on any atom is -0.361 e. The smallest absolute Gasteiger partial charge is 0.151 e. The Labute approximate surface area is 117 Å². The maximum absolute atomic E-state index is 11.2. The Balaban J connectivity index is 1.94. The zero-order valence-electron chi connectivity index (χ0n) is 11.0. The fourth-order valence-electron chi connectivity index (χ4n) is 2.20. The highest BCUT2D eigenvalue weighted by Crippen LogP contribution is 2.22. The molecule has 0 amide bonds. The molecule has 5 heteroatoms. The number of hydrogen-bond donors (Lipinski definition) is 1. The van der Waals surface area contributed by atoms with E-state index in [2.05, 4.69) is 16.0 Å². The first kappa shape index (κ1) is 12.9. The van der Waals surface area contributed by atoms with Crippen LogP contribution in [0.15, 0.2) is 48.8 Å². The number of aromatic amines is 1. The Morgan fingerprint density at radius 3 is 2.70 bits per heavy atom. The first-order valence-electron chi connectivity index (χ1n) is 6.21. The molecule has 0 bridgehead atoms. The number of aromatic nitrogens is 2. The number of nitrogens with one attached hydrogen (secondary N) is 1. The quantitative estimate of drug-likeness (QED) is 0.805. The second-order valence-electron chi connectivity index (χ2n) is 4.90. The van der Waals surface area contributed by atoms with E-state index in [9.17, 15) is 8.42 Å². The van der Waals surface area contributed by atoms with Gasteiger partial charge in [-0.15, -0.1) is 0 Å². The minimum atomic E-state index is -3.02. The largest absolute Gasteiger partial charge is 0.361 e. The van der Waals surface area contributed by atoms with Crippen molar-refractivity contribution >= 4 is 20.7 Å². The maximum Gasteiger partial charge on any atom is 0.151 e. The normalized spacial score (nSPS) is 11.8. The van der Waals surface area contributed by atoms with Gasteiger partial charge < -0.3 is 4.98 Å². The van der Waals surface area contributed by atoms with Crippen LogP contribution in [0.5, 0.6) is 0 Å². The molecule has 1 N–H and O–H groups in total. The molecule has 102 valence electrons. The van der Waals surface area contributed by atoms with Crippen LogP contribution in [0.4, 0.5) is 0 Å². The van der Waals surface area contributed by atoms with Crippen molar-refractivity contribution in [1.82, 2.24) is 9.97 Å². The molecule has 0 aliphatic heterocycles. The zero-order valence-corrected chi connectivity index (χ0v) is 11.8. The summed E-state index contributed by atoms with van der Waals surface area (Å²) < 4.78 is 22.5. The highest BCUT2D eigenvalue weighted by molar-refractivity contribution is 7.89. The van der Waals surface area contributed by atoms with Crippen LogP contribution in [0.25, 0.3) is 22.2 Å². The summed E-state index contributed by atoms with van der Waals surface area (Å²) >= 11 is 0. The molecule has 3 aromatic rings. The lowest BCUT2D eigenvalue weighted by Gasteiger charge is -2.03. The van der Waals surface area contributed by atoms with E-state index < -0.39 is 9.84 Å². The highest BCUT2D eigenvalue weighted by Gasteiger charge is 2.06. The topological polar surface area (TPSA) is 62.8 Å². The number of H-pyrrole nitrogens is 1. The summed E-state index contributed by atoms with van der Waals surface area (Å²) in [6, 6.07) is 11.7. The van der Waals surface area contributed by atoms with E-state index in [4.69, 9.17) is 0 Å². The van der Waals surface area contributed by atoms with Gasteiger partial charge in [-0.1, -0.05) is 12.1 Å². The molecule has 20 heavy (non-hydrogen) atoms. The molecule has 0 aliphatic carbocycles. The summed E-state index contributed by atoms with van der Waals surface area (Å²) in [5.41, 5.74) is 3.65. The van der Waals surface area contributed by atoms with Crippen LogP contribution in [0.3, 0.4) is 0 Å². The third-order valence-electron chi connectivity index (χ3n) is 3.10. The fourth-order valence-corrected chi connectivity index (χ4v) is 2.97. The number of pyridine rings is 1. The molecule has 2 heterocycles. The molecule has 1 aromatic carbocycles. The second-order valence-corrected chi connectivity index (χ2v) is 7.04. The van der Waals surface area contributed by atoms with E-state index in [1.165, 1.54) is 6.26 Å². The van der Waals surface area contributed by atoms with Crippen LogP contribution < -0.4 is 0 Å². The summed E-state index contributed by atoms with van der Waals surface area (Å²) in [7, 11) is -3.02. The second kappa shape index (κ2) is 4.76. The van der Waals surface area contributed by atoms with Crippen molar-refractivity contribution in [3.63, 3.8) is 0 Å². The van der Waals surface area contributed by atoms with Gasteiger partial charge >= 0.3 is 0 Å². The SMILES string of the molecule is CS(=O)(=O)Cc1ccc(-c2ccc3[nH]ccc3c2)nc1. The van der Waals surface area contributed by atoms with Crippen molar-refractivity contribution < 1.29 is 8.42 Å². The molecule has 0 radical (unpaired) electrons. The molecule has 0 fully saturated rings. The lowest BCUT2D eigenvalue weighted by Crippen LogP contribution is -2.01. The van der Waals surface area contributed by atoms with Crippen LogP contribution in [-0.4, -0.2) is 24.6 Å². The van der Waals surface area contributed by atoms with Crippen LogP contribution in [-0.2, 0) is 15.6 Å². The molecule has 2 aromatic heterocycles. The highest BCUT2D eigenvalue weighted by atomic mass is 32.2. The average molecular weight is 286 g/mol. The molecule has 0 atom stereocenters. The van der Waals surface area contributed by atoms with Crippen LogP contribution in [0.1, 0.15) is 5.56 Å². The Kier molecular flexibility index (Phi) is 3.06. The summed E-state index contributed by atoms with van der Waals surface area (Å²) in [5, 5.41) is 1.13. The lowest BCUT2D eigenvalue weighted by molar-refractivity contribution is 0.601. The number of nitrogens with zero attached hydrogens (tertiary/aromatic N) is 1. The van der Waals surface area contributed by atoms with Gasteiger partial charge in [-0.25, -0.2) is 8.42 Å². The zero-order chi connectivity index (χ0) is 14.2. The van der Waals surface area contributed by atoms with Crippen molar-refractivity contribution in [2.24, 2.45) is 0 Å². The summed E-state index contributed by atoms with van der Waals surface area (Å²) in [5.74, 6) is 0.0249. The van der Waals surface area contributed by atoms with Gasteiger partial charge in [0.05, 0.1) is 11.4 Å². The van der Waals surface area contributed by atoms with Crippen molar-refractivity contribution in [2.45, 2.75) is 5.75 Å². The van der Waals surface area contributed by atoms with Crippen LogP contribution >= 0.6 is 0 Å². The molecule has 4 nitrogen and oxygen atoms in total. The molecule has 0 unspecified atom stereocenters. The number of benzene rings is 1. The standard InChI is InChI=1S/C15H14N2O2S/c1-20(18,19)10-11-2-4-15(17-9-11)12-3-5-14-13(8-12)6-7-16-14/h2-9,16H,10H2,1H3. The maximum atomic E-state index is 11.2. The van der Waals surface area contributed by atoms with Gasteiger partial charge in [0.2, 0.25) is 0 Å². The van der Waals surface area contributed by atoms with E-state index in [1.54, 1.807) is 6.20 Å². The third-order valence-corrected chi connectivity index (χ3v) is 3.96. The predicted molar refractivity (Wildman–Crippen MR) is 80.1 cm³/mol. The first-order valence-corrected chi connectivity index (χ1v) is 8.27. The van der Waals surface area contributed by atoms with E-state index in [1.807, 2.05) is 36.5 Å². The molecular formula is C15H14N2O2S. The van der Waals surface area contributed by atoms with Crippen molar-refractivity contribution in [3.05, 3.63) is 54.4 Å². The summed E-state index contributed by atoms with van der Waals surface area (Å²) in [6.45, 7) is 0. The number of hydrogen-bond acceptors (Lipinski definition) is 3. The van der Waals surface area contributed by atoms with E-state index in [0.29, 0.717) is 5.56 Å². The van der Waals surface area contributed by atoms with Gasteiger partial charge in [-0.05, 0) is 29.8 Å². The molecule has 0 saturated heterocycles. The molecular weight excluding hydrogens is 272 g/mol. The number of rotatable bonds is 3. The van der Waals surface area contributed by atoms with Gasteiger partial charge in [0, 0.05) is 35.1 Å². The predicted octanol–water partition coefficient (Wildman–Crippen LogP) is 2.77.